The summed E-state index contributed by atoms with van der Waals surface area (Å²) in [4.78, 5) is 12.3. The van der Waals surface area contributed by atoms with Crippen molar-refractivity contribution in [3.63, 3.8) is 0 Å². The van der Waals surface area contributed by atoms with Crippen molar-refractivity contribution in [2.75, 3.05) is 7.11 Å². The fraction of sp³-hybridized carbons (Fsp3) is 0.350. The summed E-state index contributed by atoms with van der Waals surface area (Å²) in [6.45, 7) is 5.83. The summed E-state index contributed by atoms with van der Waals surface area (Å²) in [6, 6.07) is 15.4. The number of carbonyl (C=O) groups excluding carboxylic acids is 1. The van der Waals surface area contributed by atoms with Crippen LogP contribution in [0.25, 0.3) is 0 Å². The lowest BCUT2D eigenvalue weighted by molar-refractivity contribution is -0.127. The maximum Gasteiger partial charge on any atom is 0.261 e. The van der Waals surface area contributed by atoms with Crippen LogP contribution in [0.3, 0.4) is 0 Å². The molecule has 128 valence electrons. The predicted molar refractivity (Wildman–Crippen MR) is 95.5 cm³/mol. The molecule has 0 bridgehead atoms. The summed E-state index contributed by atoms with van der Waals surface area (Å²) in [5.74, 6) is 1.16. The number of hydrogen-bond donors (Lipinski definition) is 1. The maximum absolute atomic E-state index is 12.3. The normalized spacial score (nSPS) is 13.0. The highest BCUT2D eigenvalue weighted by molar-refractivity contribution is 5.81. The second kappa shape index (κ2) is 8.39. The third-order valence-electron chi connectivity index (χ3n) is 3.97. The van der Waals surface area contributed by atoms with E-state index < -0.39 is 6.10 Å². The van der Waals surface area contributed by atoms with E-state index in [0.29, 0.717) is 11.5 Å². The molecule has 2 aromatic rings. The largest absolute Gasteiger partial charge is 0.497 e. The number of amides is 1. The highest BCUT2D eigenvalue weighted by Gasteiger charge is 2.18. The van der Waals surface area contributed by atoms with E-state index in [1.54, 1.807) is 26.2 Å². The van der Waals surface area contributed by atoms with E-state index in [1.165, 1.54) is 5.56 Å². The van der Waals surface area contributed by atoms with Crippen LogP contribution in [-0.4, -0.2) is 19.1 Å². The van der Waals surface area contributed by atoms with Gasteiger partial charge in [-0.2, -0.15) is 0 Å². The smallest absolute Gasteiger partial charge is 0.261 e. The minimum Gasteiger partial charge on any atom is -0.497 e. The van der Waals surface area contributed by atoms with Crippen LogP contribution in [0.5, 0.6) is 11.5 Å². The van der Waals surface area contributed by atoms with E-state index in [0.717, 1.165) is 12.0 Å². The maximum atomic E-state index is 12.3. The minimum atomic E-state index is -0.588. The average molecular weight is 327 g/mol. The Balaban J connectivity index is 1.94. The first-order chi connectivity index (χ1) is 11.5. The van der Waals surface area contributed by atoms with Crippen LogP contribution in [0.15, 0.2) is 48.5 Å². The summed E-state index contributed by atoms with van der Waals surface area (Å²) in [5.41, 5.74) is 2.36. The van der Waals surface area contributed by atoms with Gasteiger partial charge in [0.2, 0.25) is 0 Å². The number of rotatable bonds is 7. The van der Waals surface area contributed by atoms with Gasteiger partial charge in [0, 0.05) is 6.07 Å². The van der Waals surface area contributed by atoms with Crippen molar-refractivity contribution < 1.29 is 14.3 Å². The summed E-state index contributed by atoms with van der Waals surface area (Å²) in [6.07, 6.45) is 0.418. The van der Waals surface area contributed by atoms with Crippen LogP contribution in [0.4, 0.5) is 0 Å². The van der Waals surface area contributed by atoms with Crippen molar-refractivity contribution in [2.24, 2.45) is 0 Å². The highest BCUT2D eigenvalue weighted by atomic mass is 16.5. The summed E-state index contributed by atoms with van der Waals surface area (Å²) < 4.78 is 10.9. The molecule has 2 unspecified atom stereocenters. The Bertz CT molecular complexity index is 667. The van der Waals surface area contributed by atoms with Gasteiger partial charge in [-0.3, -0.25) is 4.79 Å². The molecule has 0 saturated carbocycles. The number of benzene rings is 2. The van der Waals surface area contributed by atoms with Gasteiger partial charge in [0.25, 0.3) is 5.91 Å². The van der Waals surface area contributed by atoms with Crippen LogP contribution < -0.4 is 14.8 Å². The molecule has 1 amide bonds. The first-order valence-corrected chi connectivity index (χ1v) is 8.23. The van der Waals surface area contributed by atoms with Crippen molar-refractivity contribution in [2.45, 2.75) is 39.3 Å². The van der Waals surface area contributed by atoms with Crippen LogP contribution >= 0.6 is 0 Å². The van der Waals surface area contributed by atoms with Gasteiger partial charge in [0.1, 0.15) is 11.5 Å². The molecule has 2 aromatic carbocycles. The molecule has 0 aromatic heterocycles. The zero-order valence-corrected chi connectivity index (χ0v) is 14.7. The number of hydrogen-bond acceptors (Lipinski definition) is 3. The molecule has 0 aliphatic heterocycles. The first-order valence-electron chi connectivity index (χ1n) is 8.23. The molecule has 0 spiro atoms. The molecule has 0 aliphatic carbocycles. The van der Waals surface area contributed by atoms with E-state index >= 15 is 0 Å². The summed E-state index contributed by atoms with van der Waals surface area (Å²) in [7, 11) is 1.60. The fourth-order valence-corrected chi connectivity index (χ4v) is 2.39. The summed E-state index contributed by atoms with van der Waals surface area (Å²) >= 11 is 0. The molecule has 4 nitrogen and oxygen atoms in total. The van der Waals surface area contributed by atoms with Gasteiger partial charge in [-0.15, -0.1) is 0 Å². The monoisotopic (exact) mass is 327 g/mol. The molecule has 24 heavy (non-hydrogen) atoms. The van der Waals surface area contributed by atoms with E-state index in [2.05, 4.69) is 36.5 Å². The summed E-state index contributed by atoms with van der Waals surface area (Å²) in [5, 5.41) is 2.99. The van der Waals surface area contributed by atoms with Crippen molar-refractivity contribution in [1.29, 1.82) is 0 Å². The van der Waals surface area contributed by atoms with Gasteiger partial charge in [0.05, 0.1) is 13.2 Å². The molecule has 0 fully saturated rings. The Morgan fingerprint density at radius 1 is 1.08 bits per heavy atom. The molecule has 2 atom stereocenters. The Morgan fingerprint density at radius 2 is 1.75 bits per heavy atom. The fourth-order valence-electron chi connectivity index (χ4n) is 2.39. The van der Waals surface area contributed by atoms with E-state index in [4.69, 9.17) is 9.47 Å². The molecule has 1 N–H and O–H groups in total. The molecule has 0 radical (unpaired) electrons. The Morgan fingerprint density at radius 3 is 2.38 bits per heavy atom. The zero-order chi connectivity index (χ0) is 17.5. The van der Waals surface area contributed by atoms with Crippen molar-refractivity contribution in [1.82, 2.24) is 5.32 Å². The molecular formula is C20H25NO3. The Hall–Kier alpha value is -2.49. The second-order valence-corrected chi connectivity index (χ2v) is 5.76. The predicted octanol–water partition coefficient (Wildman–Crippen LogP) is 3.90. The third-order valence-corrected chi connectivity index (χ3v) is 3.97. The SMILES string of the molecule is CCc1ccc(C(C)NC(=O)C(C)Oc2cccc(OC)c2)cc1. The van der Waals surface area contributed by atoms with Crippen molar-refractivity contribution in [3.05, 3.63) is 59.7 Å². The van der Waals surface area contributed by atoms with Gasteiger partial charge in [0.15, 0.2) is 6.10 Å². The molecule has 0 saturated heterocycles. The van der Waals surface area contributed by atoms with Crippen LogP contribution in [0.2, 0.25) is 0 Å². The van der Waals surface area contributed by atoms with E-state index in [-0.39, 0.29) is 11.9 Å². The van der Waals surface area contributed by atoms with Crippen LogP contribution in [0, 0.1) is 0 Å². The minimum absolute atomic E-state index is 0.0697. The first kappa shape index (κ1) is 17.9. The number of carbonyl (C=O) groups is 1. The average Bonchev–Trinajstić information content (AvgIpc) is 2.61. The van der Waals surface area contributed by atoms with Crippen LogP contribution in [-0.2, 0) is 11.2 Å². The Labute approximate surface area is 143 Å². The molecule has 2 rings (SSSR count). The van der Waals surface area contributed by atoms with E-state index in [9.17, 15) is 4.79 Å². The molecule has 0 heterocycles. The lowest BCUT2D eigenvalue weighted by Crippen LogP contribution is -2.37. The third kappa shape index (κ3) is 4.75. The van der Waals surface area contributed by atoms with Gasteiger partial charge >= 0.3 is 0 Å². The van der Waals surface area contributed by atoms with Crippen LogP contribution in [0.1, 0.15) is 37.9 Å². The Kier molecular flexibility index (Phi) is 6.24. The number of methoxy groups -OCH3 is 1. The molecular weight excluding hydrogens is 302 g/mol. The lowest BCUT2D eigenvalue weighted by Gasteiger charge is -2.19. The molecule has 4 heteroatoms. The van der Waals surface area contributed by atoms with Gasteiger partial charge in [-0.05, 0) is 43.5 Å². The second-order valence-electron chi connectivity index (χ2n) is 5.76. The lowest BCUT2D eigenvalue weighted by atomic mass is 10.0. The standard InChI is InChI=1S/C20H25NO3/c1-5-16-9-11-17(12-10-16)14(2)21-20(22)15(3)24-19-8-6-7-18(13-19)23-4/h6-15H,5H2,1-4H3,(H,21,22). The van der Waals surface area contributed by atoms with Gasteiger partial charge in [-0.25, -0.2) is 0 Å². The quantitative estimate of drug-likeness (QED) is 0.839. The van der Waals surface area contributed by atoms with Crippen molar-refractivity contribution >= 4 is 5.91 Å². The number of nitrogens with one attached hydrogen (secondary N) is 1. The number of aryl methyl sites for hydroxylation is 1. The highest BCUT2D eigenvalue weighted by Crippen LogP contribution is 2.20. The zero-order valence-electron chi connectivity index (χ0n) is 14.7. The molecule has 0 aliphatic rings. The van der Waals surface area contributed by atoms with Gasteiger partial charge in [-0.1, -0.05) is 37.3 Å². The van der Waals surface area contributed by atoms with Gasteiger partial charge < -0.3 is 14.8 Å². The topological polar surface area (TPSA) is 47.6 Å². The number of ether oxygens (including phenoxy) is 2. The van der Waals surface area contributed by atoms with Crippen molar-refractivity contribution in [3.8, 4) is 11.5 Å². The van der Waals surface area contributed by atoms with E-state index in [1.807, 2.05) is 19.1 Å².